The molecule has 1 aliphatic rings. The number of guanidine groups is 1. The van der Waals surface area contributed by atoms with Gasteiger partial charge in [-0.05, 0) is 30.7 Å². The minimum atomic E-state index is 0. The van der Waals surface area contributed by atoms with Crippen molar-refractivity contribution in [1.29, 1.82) is 0 Å². The van der Waals surface area contributed by atoms with Crippen LogP contribution in [-0.4, -0.2) is 62.4 Å². The van der Waals surface area contributed by atoms with E-state index in [-0.39, 0.29) is 24.0 Å². The van der Waals surface area contributed by atoms with E-state index in [0.29, 0.717) is 18.5 Å². The van der Waals surface area contributed by atoms with Crippen molar-refractivity contribution in [2.75, 3.05) is 40.5 Å². The first-order valence-corrected chi connectivity index (χ1v) is 10.2. The normalized spacial score (nSPS) is 15.5. The Morgan fingerprint density at radius 3 is 2.89 bits per heavy atom. The number of aliphatic imine (C=N–C) groups is 1. The molecule has 1 aliphatic heterocycles. The van der Waals surface area contributed by atoms with Crippen LogP contribution < -0.4 is 5.32 Å². The quantitative estimate of drug-likeness (QED) is 0.248. The van der Waals surface area contributed by atoms with Crippen molar-refractivity contribution in [2.45, 2.75) is 31.9 Å². The van der Waals surface area contributed by atoms with E-state index in [2.05, 4.69) is 20.2 Å². The van der Waals surface area contributed by atoms with Gasteiger partial charge in [0.1, 0.15) is 6.26 Å². The van der Waals surface area contributed by atoms with Crippen LogP contribution in [0.2, 0.25) is 0 Å². The fourth-order valence-electron chi connectivity index (χ4n) is 3.09. The second kappa shape index (κ2) is 12.4. The molecule has 0 amide bonds. The largest absolute Gasteiger partial charge is 0.443 e. The Balaban J connectivity index is 0.00000280. The molecule has 0 aromatic carbocycles. The fourth-order valence-corrected chi connectivity index (χ4v) is 3.75. The van der Waals surface area contributed by atoms with Gasteiger partial charge in [0.05, 0.1) is 23.2 Å². The van der Waals surface area contributed by atoms with Crippen LogP contribution in [0.3, 0.4) is 0 Å². The van der Waals surface area contributed by atoms with Crippen molar-refractivity contribution < 1.29 is 13.9 Å². The molecule has 0 unspecified atom stereocenters. The standard InChI is InChI=1S/C19H28N4O3S.HI/c1-20-19(23-8-6-16(7-9-23)25-11-4-10-24-2)21-13-15-14-26-18(22-15)17-5-3-12-27-17;/h3,5,12,14,16H,4,6-11,13H2,1-2H3,(H,20,21);1H. The van der Waals surface area contributed by atoms with Gasteiger partial charge in [-0.3, -0.25) is 4.99 Å². The maximum absolute atomic E-state index is 5.93. The monoisotopic (exact) mass is 520 g/mol. The SMILES string of the molecule is CN=C(NCc1coc(-c2cccs2)n1)N1CCC(OCCCOC)CC1.I. The van der Waals surface area contributed by atoms with E-state index in [9.17, 15) is 0 Å². The molecule has 9 heteroatoms. The molecule has 2 aromatic heterocycles. The van der Waals surface area contributed by atoms with Gasteiger partial charge in [-0.25, -0.2) is 4.98 Å². The summed E-state index contributed by atoms with van der Waals surface area (Å²) in [6.45, 7) is 3.99. The number of halogens is 1. The number of piperidine rings is 1. The van der Waals surface area contributed by atoms with Crippen molar-refractivity contribution in [3.63, 3.8) is 0 Å². The molecular weight excluding hydrogens is 491 g/mol. The van der Waals surface area contributed by atoms with Crippen molar-refractivity contribution >= 4 is 41.3 Å². The smallest absolute Gasteiger partial charge is 0.236 e. The number of aromatic nitrogens is 1. The Morgan fingerprint density at radius 2 is 2.21 bits per heavy atom. The number of hydrogen-bond acceptors (Lipinski definition) is 6. The summed E-state index contributed by atoms with van der Waals surface area (Å²) >= 11 is 1.62. The summed E-state index contributed by atoms with van der Waals surface area (Å²) in [5, 5.41) is 5.41. The van der Waals surface area contributed by atoms with Gasteiger partial charge in [-0.15, -0.1) is 35.3 Å². The highest BCUT2D eigenvalue weighted by molar-refractivity contribution is 14.0. The summed E-state index contributed by atoms with van der Waals surface area (Å²) in [6.07, 6.45) is 5.01. The predicted octanol–water partition coefficient (Wildman–Crippen LogP) is 3.61. The van der Waals surface area contributed by atoms with E-state index < -0.39 is 0 Å². The molecule has 28 heavy (non-hydrogen) atoms. The lowest BCUT2D eigenvalue weighted by Gasteiger charge is -2.34. The summed E-state index contributed by atoms with van der Waals surface area (Å²) in [5.74, 6) is 1.57. The topological polar surface area (TPSA) is 72.1 Å². The average Bonchev–Trinajstić information content (AvgIpc) is 3.38. The highest BCUT2D eigenvalue weighted by Gasteiger charge is 2.22. The third-order valence-electron chi connectivity index (χ3n) is 4.51. The predicted molar refractivity (Wildman–Crippen MR) is 122 cm³/mol. The highest BCUT2D eigenvalue weighted by atomic mass is 127. The van der Waals surface area contributed by atoms with Crippen molar-refractivity contribution in [3.8, 4) is 10.8 Å². The summed E-state index contributed by atoms with van der Waals surface area (Å²) < 4.78 is 16.6. The van der Waals surface area contributed by atoms with Gasteiger partial charge in [0.15, 0.2) is 5.96 Å². The number of likely N-dealkylation sites (tertiary alicyclic amines) is 1. The fraction of sp³-hybridized carbons (Fsp3) is 0.579. The molecule has 0 spiro atoms. The van der Waals surface area contributed by atoms with Crippen molar-refractivity contribution in [3.05, 3.63) is 29.5 Å². The van der Waals surface area contributed by atoms with Crippen LogP contribution in [0.15, 0.2) is 33.2 Å². The Bertz CT molecular complexity index is 700. The maximum atomic E-state index is 5.93. The van der Waals surface area contributed by atoms with Crippen molar-refractivity contribution in [2.24, 2.45) is 4.99 Å². The summed E-state index contributed by atoms with van der Waals surface area (Å²) in [4.78, 5) is 12.3. The lowest BCUT2D eigenvalue weighted by molar-refractivity contribution is 0.00989. The number of ether oxygens (including phenoxy) is 2. The van der Waals surface area contributed by atoms with Gasteiger partial charge >= 0.3 is 0 Å². The van der Waals surface area contributed by atoms with Crippen LogP contribution in [0.5, 0.6) is 0 Å². The summed E-state index contributed by atoms with van der Waals surface area (Å²) in [6, 6.07) is 4.00. The molecule has 7 nitrogen and oxygen atoms in total. The van der Waals surface area contributed by atoms with Crippen LogP contribution in [0.1, 0.15) is 25.0 Å². The zero-order chi connectivity index (χ0) is 18.9. The number of oxazole rings is 1. The van der Waals surface area contributed by atoms with E-state index in [1.807, 2.05) is 24.6 Å². The van der Waals surface area contributed by atoms with Crippen molar-refractivity contribution in [1.82, 2.24) is 15.2 Å². The zero-order valence-corrected chi connectivity index (χ0v) is 19.6. The molecule has 156 valence electrons. The Kier molecular flexibility index (Phi) is 10.2. The van der Waals surface area contributed by atoms with Gasteiger partial charge in [0.2, 0.25) is 5.89 Å². The summed E-state index contributed by atoms with van der Waals surface area (Å²) in [5.41, 5.74) is 0.871. The maximum Gasteiger partial charge on any atom is 0.236 e. The number of hydrogen-bond donors (Lipinski definition) is 1. The molecule has 0 bridgehead atoms. The van der Waals surface area contributed by atoms with E-state index in [4.69, 9.17) is 13.9 Å². The number of thiophene rings is 1. The molecule has 3 rings (SSSR count). The first kappa shape index (κ1) is 23.1. The Hall–Kier alpha value is -1.17. The van der Waals surface area contributed by atoms with Crippen LogP contribution in [0.4, 0.5) is 0 Å². The number of rotatable bonds is 8. The molecule has 0 radical (unpaired) electrons. The second-order valence-electron chi connectivity index (χ2n) is 6.43. The highest BCUT2D eigenvalue weighted by Crippen LogP contribution is 2.23. The molecule has 1 fully saturated rings. The molecule has 0 aliphatic carbocycles. The lowest BCUT2D eigenvalue weighted by atomic mass is 10.1. The molecule has 0 saturated carbocycles. The van der Waals surface area contributed by atoms with Gasteiger partial charge < -0.3 is 24.1 Å². The van der Waals surface area contributed by atoms with Gasteiger partial charge in [-0.1, -0.05) is 6.07 Å². The number of methoxy groups -OCH3 is 1. The van der Waals surface area contributed by atoms with E-state index >= 15 is 0 Å². The minimum Gasteiger partial charge on any atom is -0.443 e. The van der Waals surface area contributed by atoms with Gasteiger partial charge in [0, 0.05) is 40.5 Å². The molecule has 0 atom stereocenters. The molecule has 2 aromatic rings. The van der Waals surface area contributed by atoms with Crippen LogP contribution in [0.25, 0.3) is 10.8 Å². The second-order valence-corrected chi connectivity index (χ2v) is 7.37. The number of nitrogens with one attached hydrogen (secondary N) is 1. The molecule has 3 heterocycles. The first-order chi connectivity index (χ1) is 13.3. The van der Waals surface area contributed by atoms with Crippen LogP contribution in [0, 0.1) is 0 Å². The van der Waals surface area contributed by atoms with Gasteiger partial charge in [0.25, 0.3) is 0 Å². The zero-order valence-electron chi connectivity index (χ0n) is 16.4. The van der Waals surface area contributed by atoms with Crippen LogP contribution in [-0.2, 0) is 16.0 Å². The van der Waals surface area contributed by atoms with Gasteiger partial charge in [-0.2, -0.15) is 0 Å². The minimum absolute atomic E-state index is 0. The molecule has 1 saturated heterocycles. The first-order valence-electron chi connectivity index (χ1n) is 9.34. The number of nitrogens with zero attached hydrogens (tertiary/aromatic N) is 3. The van der Waals surface area contributed by atoms with E-state index in [1.165, 1.54) is 0 Å². The molecule has 1 N–H and O–H groups in total. The van der Waals surface area contributed by atoms with E-state index in [1.54, 1.807) is 24.7 Å². The lowest BCUT2D eigenvalue weighted by Crippen LogP contribution is -2.46. The van der Waals surface area contributed by atoms with E-state index in [0.717, 1.165) is 62.1 Å². The van der Waals surface area contributed by atoms with Crippen LogP contribution >= 0.6 is 35.3 Å². The summed E-state index contributed by atoms with van der Waals surface area (Å²) in [7, 11) is 3.54. The third kappa shape index (κ3) is 6.71. The average molecular weight is 520 g/mol. The molecular formula is C19H29IN4O3S. The third-order valence-corrected chi connectivity index (χ3v) is 5.37. The Labute approximate surface area is 187 Å². The Morgan fingerprint density at radius 1 is 1.39 bits per heavy atom.